The summed E-state index contributed by atoms with van der Waals surface area (Å²) < 4.78 is 1.89. The second kappa shape index (κ2) is 6.37. The van der Waals surface area contributed by atoms with Crippen LogP contribution < -0.4 is 5.73 Å². The number of aryl methyl sites for hydroxylation is 1. The molecule has 5 nitrogen and oxygen atoms in total. The smallest absolute Gasteiger partial charge is 0.264 e. The van der Waals surface area contributed by atoms with Gasteiger partial charge in [-0.2, -0.15) is 5.10 Å². The molecule has 1 atom stereocenters. The fraction of sp³-hybridized carbons (Fsp3) is 0.368. The number of hydrogen-bond donors (Lipinski definition) is 1. The topological polar surface area (TPSA) is 64.2 Å². The first kappa shape index (κ1) is 17.5. The van der Waals surface area contributed by atoms with Crippen LogP contribution in [-0.2, 0) is 0 Å². The van der Waals surface area contributed by atoms with Gasteiger partial charge in [0.1, 0.15) is 4.83 Å². The summed E-state index contributed by atoms with van der Waals surface area (Å²) in [5, 5.41) is 6.34. The third-order valence-electron chi connectivity index (χ3n) is 5.16. The first-order valence-corrected chi connectivity index (χ1v) is 9.84. The third kappa shape index (κ3) is 2.92. The summed E-state index contributed by atoms with van der Waals surface area (Å²) in [5.41, 5.74) is 7.75. The van der Waals surface area contributed by atoms with Crippen molar-refractivity contribution in [2.24, 2.45) is 11.1 Å². The summed E-state index contributed by atoms with van der Waals surface area (Å²) >= 11 is 7.48. The van der Waals surface area contributed by atoms with Crippen LogP contribution in [-0.4, -0.2) is 40.2 Å². The highest BCUT2D eigenvalue weighted by Gasteiger charge is 2.35. The Morgan fingerprint density at radius 2 is 2.12 bits per heavy atom. The summed E-state index contributed by atoms with van der Waals surface area (Å²) in [6, 6.07) is 9.52. The van der Waals surface area contributed by atoms with Gasteiger partial charge in [0.2, 0.25) is 0 Å². The van der Waals surface area contributed by atoms with Gasteiger partial charge in [0, 0.05) is 23.5 Å². The second-order valence-corrected chi connectivity index (χ2v) is 8.76. The van der Waals surface area contributed by atoms with Crippen molar-refractivity contribution in [3.63, 3.8) is 0 Å². The van der Waals surface area contributed by atoms with Crippen LogP contribution in [0.4, 0.5) is 0 Å². The zero-order valence-corrected chi connectivity index (χ0v) is 16.4. The van der Waals surface area contributed by atoms with Crippen molar-refractivity contribution in [2.45, 2.75) is 20.3 Å². The van der Waals surface area contributed by atoms with E-state index in [0.717, 1.165) is 46.0 Å². The van der Waals surface area contributed by atoms with Crippen LogP contribution in [0.2, 0.25) is 5.02 Å². The summed E-state index contributed by atoms with van der Waals surface area (Å²) in [5.74, 6) is 0.0884. The van der Waals surface area contributed by atoms with Crippen LogP contribution in [0.1, 0.15) is 28.7 Å². The van der Waals surface area contributed by atoms with Crippen LogP contribution in [0, 0.1) is 12.3 Å². The molecule has 7 heteroatoms. The van der Waals surface area contributed by atoms with Gasteiger partial charge in [0.25, 0.3) is 5.91 Å². The van der Waals surface area contributed by atoms with Crippen LogP contribution in [0.3, 0.4) is 0 Å². The average Bonchev–Trinajstić information content (AvgIpc) is 3.31. The lowest BCUT2D eigenvalue weighted by atomic mass is 9.90. The minimum Gasteiger partial charge on any atom is -0.337 e. The van der Waals surface area contributed by atoms with E-state index >= 15 is 0 Å². The first-order valence-electron chi connectivity index (χ1n) is 8.65. The Labute approximate surface area is 161 Å². The molecule has 1 aliphatic rings. The SMILES string of the molecule is Cc1nn(-c2ccc(Cl)cc2)c2sc(C(=O)N3CCC(C)(CN)C3)cc12. The van der Waals surface area contributed by atoms with Gasteiger partial charge >= 0.3 is 0 Å². The number of hydrogen-bond acceptors (Lipinski definition) is 4. The van der Waals surface area contributed by atoms with E-state index in [1.54, 1.807) is 0 Å². The molecule has 1 unspecified atom stereocenters. The summed E-state index contributed by atoms with van der Waals surface area (Å²) in [7, 11) is 0. The third-order valence-corrected chi connectivity index (χ3v) is 6.52. The normalized spacial score (nSPS) is 20.2. The lowest BCUT2D eigenvalue weighted by molar-refractivity contribution is 0.0782. The molecule has 2 aromatic heterocycles. The molecule has 0 aliphatic carbocycles. The monoisotopic (exact) mass is 388 g/mol. The van der Waals surface area contributed by atoms with E-state index in [9.17, 15) is 4.79 Å². The maximum Gasteiger partial charge on any atom is 0.264 e. The number of likely N-dealkylation sites (tertiary alicyclic amines) is 1. The molecule has 0 saturated carbocycles. The molecule has 26 heavy (non-hydrogen) atoms. The standard InChI is InChI=1S/C19H21ClN4OS/c1-12-15-9-16(17(25)23-8-7-19(2,10-21)11-23)26-18(15)24(22-12)14-5-3-13(20)4-6-14/h3-6,9H,7-8,10-11,21H2,1-2H3. The van der Waals surface area contributed by atoms with Crippen molar-refractivity contribution in [1.29, 1.82) is 0 Å². The van der Waals surface area contributed by atoms with Crippen molar-refractivity contribution < 1.29 is 4.79 Å². The molecule has 1 aliphatic heterocycles. The van der Waals surface area contributed by atoms with E-state index in [-0.39, 0.29) is 11.3 Å². The lowest BCUT2D eigenvalue weighted by Crippen LogP contribution is -2.34. The number of carbonyl (C=O) groups excluding carboxylic acids is 1. The van der Waals surface area contributed by atoms with Crippen molar-refractivity contribution in [1.82, 2.24) is 14.7 Å². The van der Waals surface area contributed by atoms with Gasteiger partial charge in [-0.3, -0.25) is 4.79 Å². The van der Waals surface area contributed by atoms with Crippen molar-refractivity contribution in [3.05, 3.63) is 45.9 Å². The van der Waals surface area contributed by atoms with E-state index in [1.807, 2.05) is 46.8 Å². The number of carbonyl (C=O) groups is 1. The largest absolute Gasteiger partial charge is 0.337 e. The Bertz CT molecular complexity index is 978. The number of thiophene rings is 1. The van der Waals surface area contributed by atoms with Crippen molar-refractivity contribution in [3.8, 4) is 5.69 Å². The predicted octanol–water partition coefficient (Wildman–Crippen LogP) is 3.86. The van der Waals surface area contributed by atoms with Gasteiger partial charge in [-0.1, -0.05) is 18.5 Å². The Morgan fingerprint density at radius 1 is 1.38 bits per heavy atom. The number of benzene rings is 1. The minimum atomic E-state index is 0.0301. The Kier molecular flexibility index (Phi) is 4.29. The fourth-order valence-electron chi connectivity index (χ4n) is 3.43. The predicted molar refractivity (Wildman–Crippen MR) is 106 cm³/mol. The van der Waals surface area contributed by atoms with Gasteiger partial charge in [-0.15, -0.1) is 11.3 Å². The van der Waals surface area contributed by atoms with E-state index in [4.69, 9.17) is 17.3 Å². The number of nitrogens with zero attached hydrogens (tertiary/aromatic N) is 3. The molecule has 0 bridgehead atoms. The maximum atomic E-state index is 13.0. The molecule has 136 valence electrons. The lowest BCUT2D eigenvalue weighted by Gasteiger charge is -2.22. The highest BCUT2D eigenvalue weighted by Crippen LogP contribution is 2.34. The maximum absolute atomic E-state index is 13.0. The van der Waals surface area contributed by atoms with Crippen molar-refractivity contribution >= 4 is 39.1 Å². The summed E-state index contributed by atoms with van der Waals surface area (Å²) in [4.78, 5) is 16.6. The van der Waals surface area contributed by atoms with E-state index in [0.29, 0.717) is 11.6 Å². The van der Waals surface area contributed by atoms with Gasteiger partial charge in [0.15, 0.2) is 0 Å². The van der Waals surface area contributed by atoms with Gasteiger partial charge in [-0.25, -0.2) is 4.68 Å². The molecule has 1 aromatic carbocycles. The second-order valence-electron chi connectivity index (χ2n) is 7.29. The zero-order chi connectivity index (χ0) is 18.5. The highest BCUT2D eigenvalue weighted by atomic mass is 35.5. The van der Waals surface area contributed by atoms with Crippen molar-refractivity contribution in [2.75, 3.05) is 19.6 Å². The molecule has 3 aromatic rings. The number of fused-ring (bicyclic) bond motifs is 1. The number of nitrogens with two attached hydrogens (primary N) is 1. The number of amides is 1. The summed E-state index contributed by atoms with van der Waals surface area (Å²) in [6.07, 6.45) is 0.956. The Morgan fingerprint density at radius 3 is 2.77 bits per heavy atom. The molecular weight excluding hydrogens is 368 g/mol. The van der Waals surface area contributed by atoms with Gasteiger partial charge < -0.3 is 10.6 Å². The highest BCUT2D eigenvalue weighted by molar-refractivity contribution is 7.20. The number of halogens is 1. The zero-order valence-electron chi connectivity index (χ0n) is 14.8. The Hall–Kier alpha value is -1.89. The van der Waals surface area contributed by atoms with E-state index in [1.165, 1.54) is 11.3 Å². The molecule has 4 rings (SSSR count). The summed E-state index contributed by atoms with van der Waals surface area (Å²) in [6.45, 7) is 6.21. The Balaban J connectivity index is 1.69. The molecule has 0 radical (unpaired) electrons. The average molecular weight is 389 g/mol. The van der Waals surface area contributed by atoms with Gasteiger partial charge in [0.05, 0.1) is 16.3 Å². The number of rotatable bonds is 3. The molecule has 3 heterocycles. The first-order chi connectivity index (χ1) is 12.4. The van der Waals surface area contributed by atoms with Gasteiger partial charge in [-0.05, 0) is 55.6 Å². The fourth-order valence-corrected chi connectivity index (χ4v) is 4.71. The molecule has 1 amide bonds. The van der Waals surface area contributed by atoms with Crippen LogP contribution in [0.5, 0.6) is 0 Å². The molecular formula is C19H21ClN4OS. The minimum absolute atomic E-state index is 0.0301. The van der Waals surface area contributed by atoms with Crippen LogP contribution >= 0.6 is 22.9 Å². The molecule has 1 saturated heterocycles. The molecule has 1 fully saturated rings. The molecule has 2 N–H and O–H groups in total. The van der Waals surface area contributed by atoms with Crippen LogP contribution in [0.15, 0.2) is 30.3 Å². The van der Waals surface area contributed by atoms with E-state index < -0.39 is 0 Å². The molecule has 0 spiro atoms. The van der Waals surface area contributed by atoms with Crippen LogP contribution in [0.25, 0.3) is 15.9 Å². The van der Waals surface area contributed by atoms with E-state index in [2.05, 4.69) is 12.0 Å². The quantitative estimate of drug-likeness (QED) is 0.740. The number of aromatic nitrogens is 2.